The van der Waals surface area contributed by atoms with Crippen LogP contribution in [0.5, 0.6) is 0 Å². The summed E-state index contributed by atoms with van der Waals surface area (Å²) in [4.78, 5) is 4.26. The Hall–Kier alpha value is -0.0900. The number of pyridine rings is 1. The zero-order valence-corrected chi connectivity index (χ0v) is 11.5. The molecule has 0 aliphatic rings. The summed E-state index contributed by atoms with van der Waals surface area (Å²) >= 11 is 6.83. The number of nitrogens with one attached hydrogen (secondary N) is 1. The smallest absolute Gasteiger partial charge is 0.126 e. The summed E-state index contributed by atoms with van der Waals surface area (Å²) in [7, 11) is 0. The molecular formula is C10H14Br2N2. The van der Waals surface area contributed by atoms with Gasteiger partial charge in [-0.25, -0.2) is 4.98 Å². The van der Waals surface area contributed by atoms with Crippen LogP contribution in [0.4, 0.5) is 5.82 Å². The van der Waals surface area contributed by atoms with Crippen LogP contribution >= 0.6 is 31.9 Å². The molecule has 0 spiro atoms. The van der Waals surface area contributed by atoms with E-state index in [2.05, 4.69) is 56.0 Å². The molecule has 0 saturated carbocycles. The van der Waals surface area contributed by atoms with Crippen LogP contribution in [-0.4, -0.2) is 16.4 Å². The number of alkyl halides is 1. The van der Waals surface area contributed by atoms with Crippen LogP contribution in [0.25, 0.3) is 0 Å². The Morgan fingerprint density at radius 3 is 2.64 bits per heavy atom. The molecule has 1 N–H and O–H groups in total. The summed E-state index contributed by atoms with van der Waals surface area (Å²) in [6.45, 7) is 4.36. The lowest BCUT2D eigenvalue weighted by molar-refractivity contribution is 0.570. The highest BCUT2D eigenvalue weighted by molar-refractivity contribution is 9.10. The van der Waals surface area contributed by atoms with E-state index in [9.17, 15) is 0 Å². The van der Waals surface area contributed by atoms with Crippen LogP contribution in [0.3, 0.4) is 0 Å². The Morgan fingerprint density at radius 2 is 2.14 bits per heavy atom. The van der Waals surface area contributed by atoms with E-state index in [0.717, 1.165) is 15.6 Å². The number of rotatable bonds is 4. The average molecular weight is 322 g/mol. The topological polar surface area (TPSA) is 24.9 Å². The maximum absolute atomic E-state index is 4.26. The fourth-order valence-corrected chi connectivity index (χ4v) is 1.77. The van der Waals surface area contributed by atoms with E-state index in [4.69, 9.17) is 0 Å². The number of hydrogen-bond donors (Lipinski definition) is 1. The fourth-order valence-electron chi connectivity index (χ4n) is 0.970. The van der Waals surface area contributed by atoms with E-state index >= 15 is 0 Å². The molecule has 14 heavy (non-hydrogen) atoms. The van der Waals surface area contributed by atoms with E-state index in [1.54, 1.807) is 6.20 Å². The highest BCUT2D eigenvalue weighted by Crippen LogP contribution is 2.14. The van der Waals surface area contributed by atoms with Gasteiger partial charge in [0.15, 0.2) is 0 Å². The van der Waals surface area contributed by atoms with Gasteiger partial charge in [0.05, 0.1) is 0 Å². The molecule has 0 aliphatic carbocycles. The standard InChI is InChI=1S/C10H14Br2N2/c1-7(5-11)8(2)14-10-4-3-9(12)6-13-10/h3-4,6-8H,5H2,1-2H3,(H,13,14). The van der Waals surface area contributed by atoms with E-state index in [-0.39, 0.29) is 0 Å². The lowest BCUT2D eigenvalue weighted by atomic mass is 10.1. The predicted molar refractivity (Wildman–Crippen MR) is 68.0 cm³/mol. The van der Waals surface area contributed by atoms with Crippen molar-refractivity contribution in [3.63, 3.8) is 0 Å². The van der Waals surface area contributed by atoms with Gasteiger partial charge in [-0.15, -0.1) is 0 Å². The molecule has 78 valence electrons. The first-order chi connectivity index (χ1) is 6.63. The van der Waals surface area contributed by atoms with E-state index < -0.39 is 0 Å². The molecule has 1 aromatic heterocycles. The molecule has 1 aromatic rings. The maximum Gasteiger partial charge on any atom is 0.126 e. The first-order valence-electron chi connectivity index (χ1n) is 4.57. The molecular weight excluding hydrogens is 308 g/mol. The van der Waals surface area contributed by atoms with Crippen molar-refractivity contribution in [3.05, 3.63) is 22.8 Å². The summed E-state index contributed by atoms with van der Waals surface area (Å²) < 4.78 is 1.00. The van der Waals surface area contributed by atoms with Gasteiger partial charge < -0.3 is 5.32 Å². The molecule has 4 heteroatoms. The summed E-state index contributed by atoms with van der Waals surface area (Å²) in [6, 6.07) is 4.38. The Bertz CT molecular complexity index is 274. The third-order valence-corrected chi connectivity index (χ3v) is 3.69. The Balaban J connectivity index is 2.56. The monoisotopic (exact) mass is 320 g/mol. The second kappa shape index (κ2) is 5.71. The summed E-state index contributed by atoms with van der Waals surface area (Å²) in [5, 5.41) is 4.36. The van der Waals surface area contributed by atoms with Gasteiger partial charge in [0.25, 0.3) is 0 Å². The lowest BCUT2D eigenvalue weighted by Gasteiger charge is -2.19. The zero-order chi connectivity index (χ0) is 10.6. The minimum atomic E-state index is 0.419. The molecule has 2 nitrogen and oxygen atoms in total. The molecule has 0 saturated heterocycles. The van der Waals surface area contributed by atoms with E-state index in [0.29, 0.717) is 12.0 Å². The largest absolute Gasteiger partial charge is 0.367 e. The van der Waals surface area contributed by atoms with Crippen LogP contribution in [0.15, 0.2) is 22.8 Å². The second-order valence-corrected chi connectivity index (χ2v) is 4.99. The second-order valence-electron chi connectivity index (χ2n) is 3.43. The van der Waals surface area contributed by atoms with Crippen molar-refractivity contribution in [1.82, 2.24) is 4.98 Å². The summed E-state index contributed by atoms with van der Waals surface area (Å²) in [5.74, 6) is 1.51. The van der Waals surface area contributed by atoms with Crippen molar-refractivity contribution in [2.24, 2.45) is 5.92 Å². The van der Waals surface area contributed by atoms with Gasteiger partial charge in [-0.05, 0) is 40.9 Å². The van der Waals surface area contributed by atoms with Crippen molar-refractivity contribution in [1.29, 1.82) is 0 Å². The van der Waals surface area contributed by atoms with Gasteiger partial charge in [-0.1, -0.05) is 22.9 Å². The van der Waals surface area contributed by atoms with Crippen molar-refractivity contribution >= 4 is 37.7 Å². The number of anilines is 1. The normalized spacial score (nSPS) is 14.9. The van der Waals surface area contributed by atoms with Crippen LogP contribution in [0.1, 0.15) is 13.8 Å². The molecule has 2 atom stereocenters. The Kier molecular flexibility index (Phi) is 4.89. The fraction of sp³-hybridized carbons (Fsp3) is 0.500. The number of halogens is 2. The number of hydrogen-bond acceptors (Lipinski definition) is 2. The van der Waals surface area contributed by atoms with Crippen LogP contribution in [0, 0.1) is 5.92 Å². The minimum Gasteiger partial charge on any atom is -0.367 e. The average Bonchev–Trinajstić information content (AvgIpc) is 2.20. The SMILES string of the molecule is CC(CBr)C(C)Nc1ccc(Br)cn1. The van der Waals surface area contributed by atoms with Crippen molar-refractivity contribution < 1.29 is 0 Å². The lowest BCUT2D eigenvalue weighted by Crippen LogP contribution is -2.25. The molecule has 0 amide bonds. The Labute approximate surface area is 102 Å². The van der Waals surface area contributed by atoms with Crippen LogP contribution in [-0.2, 0) is 0 Å². The maximum atomic E-state index is 4.26. The summed E-state index contributed by atoms with van der Waals surface area (Å²) in [6.07, 6.45) is 1.80. The highest BCUT2D eigenvalue weighted by Gasteiger charge is 2.10. The Morgan fingerprint density at radius 1 is 1.43 bits per heavy atom. The first kappa shape index (κ1) is 12.0. The number of nitrogens with zero attached hydrogens (tertiary/aromatic N) is 1. The predicted octanol–water partition coefficient (Wildman–Crippen LogP) is 3.68. The molecule has 0 radical (unpaired) electrons. The van der Waals surface area contributed by atoms with Crippen LogP contribution < -0.4 is 5.32 Å². The van der Waals surface area contributed by atoms with Crippen LogP contribution in [0.2, 0.25) is 0 Å². The molecule has 2 unspecified atom stereocenters. The molecule has 1 rings (SSSR count). The van der Waals surface area contributed by atoms with Crippen molar-refractivity contribution in [2.75, 3.05) is 10.6 Å². The zero-order valence-electron chi connectivity index (χ0n) is 8.30. The van der Waals surface area contributed by atoms with Gasteiger partial charge in [-0.2, -0.15) is 0 Å². The molecule has 0 fully saturated rings. The van der Waals surface area contributed by atoms with Gasteiger partial charge >= 0.3 is 0 Å². The molecule has 0 aromatic carbocycles. The van der Waals surface area contributed by atoms with Gasteiger partial charge in [0, 0.05) is 22.0 Å². The third kappa shape index (κ3) is 3.58. The van der Waals surface area contributed by atoms with Gasteiger partial charge in [-0.3, -0.25) is 0 Å². The van der Waals surface area contributed by atoms with E-state index in [1.165, 1.54) is 0 Å². The van der Waals surface area contributed by atoms with E-state index in [1.807, 2.05) is 12.1 Å². The van der Waals surface area contributed by atoms with Gasteiger partial charge in [0.2, 0.25) is 0 Å². The quantitative estimate of drug-likeness (QED) is 0.856. The third-order valence-electron chi connectivity index (χ3n) is 2.20. The van der Waals surface area contributed by atoms with Crippen molar-refractivity contribution in [3.8, 4) is 0 Å². The first-order valence-corrected chi connectivity index (χ1v) is 6.49. The van der Waals surface area contributed by atoms with Gasteiger partial charge in [0.1, 0.15) is 5.82 Å². The molecule has 0 aliphatic heterocycles. The minimum absolute atomic E-state index is 0.419. The number of aromatic nitrogens is 1. The van der Waals surface area contributed by atoms with Crippen molar-refractivity contribution in [2.45, 2.75) is 19.9 Å². The molecule has 0 bridgehead atoms. The summed E-state index contributed by atoms with van der Waals surface area (Å²) in [5.41, 5.74) is 0. The molecule has 1 heterocycles. The highest BCUT2D eigenvalue weighted by atomic mass is 79.9.